The third kappa shape index (κ3) is 1.02. The molecule has 0 radical (unpaired) electrons. The topological polar surface area (TPSA) is 143 Å². The molecule has 0 spiro atoms. The van der Waals surface area contributed by atoms with Crippen molar-refractivity contribution in [1.29, 1.82) is 31.6 Å². The summed E-state index contributed by atoms with van der Waals surface area (Å²) in [5, 5.41) is 51.4. The summed E-state index contributed by atoms with van der Waals surface area (Å²) in [6, 6.07) is 0. The zero-order chi connectivity index (χ0) is 10.7. The minimum Gasteiger partial charge on any atom is 0 e. The van der Waals surface area contributed by atoms with Crippen molar-refractivity contribution in [2.24, 2.45) is 0 Å². The summed E-state index contributed by atoms with van der Waals surface area (Å²) in [7, 11) is -5.77. The van der Waals surface area contributed by atoms with Crippen molar-refractivity contribution >= 4 is 0 Å². The van der Waals surface area contributed by atoms with E-state index >= 15 is 0 Å². The minimum atomic E-state index is -5.77. The SMILES string of the molecule is N#[C][Cu]([C]#N)([C]#N)([C]#N)([C]#N)[C]#N.[Ni]. The Kier molecular flexibility index (Phi) is 3.12. The maximum absolute atomic E-state index is 8.57. The van der Waals surface area contributed by atoms with Crippen molar-refractivity contribution in [2.45, 2.75) is 0 Å². The fourth-order valence-corrected chi connectivity index (χ4v) is 0.932. The molecule has 0 heterocycles. The van der Waals surface area contributed by atoms with Crippen LogP contribution < -0.4 is 0 Å². The van der Waals surface area contributed by atoms with E-state index < -0.39 is 10.7 Å². The molecule has 0 N–H and O–H groups in total. The first-order valence-corrected chi connectivity index (χ1v) is 5.07. The van der Waals surface area contributed by atoms with Gasteiger partial charge in [-0.1, -0.05) is 0 Å². The van der Waals surface area contributed by atoms with Gasteiger partial charge in [0.1, 0.15) is 0 Å². The molecular formula is C6CuN6Ni. The normalized spacial score (nSPS) is 12.4. The van der Waals surface area contributed by atoms with E-state index in [4.69, 9.17) is 31.6 Å². The molecule has 0 unspecified atom stereocenters. The molecular weight excluding hydrogens is 278 g/mol. The van der Waals surface area contributed by atoms with E-state index in [1.54, 1.807) is 0 Å². The summed E-state index contributed by atoms with van der Waals surface area (Å²) in [6.45, 7) is 0. The maximum Gasteiger partial charge on any atom is 0 e. The second kappa shape index (κ2) is 3.02. The second-order valence-corrected chi connectivity index (χ2v) is 6.33. The number of hydrogen-bond donors (Lipinski definition) is 0. The maximum atomic E-state index is 8.57. The Balaban J connectivity index is 0. The molecule has 0 atom stereocenters. The van der Waals surface area contributed by atoms with Gasteiger partial charge in [0, 0.05) is 16.5 Å². The molecule has 0 saturated carbocycles. The largest absolute Gasteiger partial charge is 0 e. The van der Waals surface area contributed by atoms with E-state index in [1.165, 1.54) is 0 Å². The van der Waals surface area contributed by atoms with Crippen molar-refractivity contribution in [2.75, 3.05) is 0 Å². The first-order valence-electron chi connectivity index (χ1n) is 2.25. The van der Waals surface area contributed by atoms with Gasteiger partial charge in [0.2, 0.25) is 0 Å². The van der Waals surface area contributed by atoms with Gasteiger partial charge in [-0.3, -0.25) is 0 Å². The Morgan fingerprint density at radius 2 is 0.643 bits per heavy atom. The molecule has 0 aliphatic rings. The molecule has 8 heteroatoms. The Bertz CT molecular complexity index is 392. The number of rotatable bonds is 0. The van der Waals surface area contributed by atoms with Gasteiger partial charge < -0.3 is 0 Å². The van der Waals surface area contributed by atoms with Gasteiger partial charge in [-0.05, 0) is 0 Å². The van der Waals surface area contributed by atoms with E-state index in [2.05, 4.69) is 0 Å². The molecule has 14 heavy (non-hydrogen) atoms. The quantitative estimate of drug-likeness (QED) is 0.574. The van der Waals surface area contributed by atoms with Crippen LogP contribution in [0.1, 0.15) is 0 Å². The van der Waals surface area contributed by atoms with Crippen molar-refractivity contribution in [3.8, 4) is 29.8 Å². The Morgan fingerprint density at radius 3 is 0.643 bits per heavy atom. The molecule has 0 aliphatic heterocycles. The summed E-state index contributed by atoms with van der Waals surface area (Å²) < 4.78 is 0. The Morgan fingerprint density at radius 1 is 0.500 bits per heavy atom. The average Bonchev–Trinajstić information content (AvgIpc) is 2.26. The summed E-state index contributed by atoms with van der Waals surface area (Å²) in [5.74, 6) is 0. The molecule has 0 rings (SSSR count). The minimum absolute atomic E-state index is 0. The molecule has 6 nitrogen and oxygen atoms in total. The van der Waals surface area contributed by atoms with E-state index in [9.17, 15) is 0 Å². The van der Waals surface area contributed by atoms with Crippen LogP contribution in [0.25, 0.3) is 0 Å². The van der Waals surface area contributed by atoms with Crippen LogP contribution in [0.4, 0.5) is 0 Å². The van der Waals surface area contributed by atoms with Crippen molar-refractivity contribution in [3.05, 3.63) is 0 Å². The zero-order valence-corrected chi connectivity index (χ0v) is 8.23. The third-order valence-corrected chi connectivity index (χ3v) is 4.17. The number of nitriles is 6. The summed E-state index contributed by atoms with van der Waals surface area (Å²) >= 11 is 0. The molecule has 75 valence electrons. The first kappa shape index (κ1) is 14.5. The van der Waals surface area contributed by atoms with Gasteiger partial charge in [-0.25, -0.2) is 0 Å². The van der Waals surface area contributed by atoms with Crippen LogP contribution >= 0.6 is 0 Å². The average molecular weight is 278 g/mol. The molecule has 0 bridgehead atoms. The number of hydrogen-bond acceptors (Lipinski definition) is 6. The standard InChI is InChI=1S/6CN.Cu.Ni/c6*1-2;;. The first-order chi connectivity index (χ1) is 5.97. The van der Waals surface area contributed by atoms with E-state index in [0.29, 0.717) is 0 Å². The van der Waals surface area contributed by atoms with Gasteiger partial charge in [0.25, 0.3) is 0 Å². The summed E-state index contributed by atoms with van der Waals surface area (Å²) in [4.78, 5) is 6.00. The van der Waals surface area contributed by atoms with Crippen LogP contribution in [0, 0.1) is 61.4 Å². The van der Waals surface area contributed by atoms with E-state index in [0.717, 1.165) is 29.8 Å². The molecule has 0 aromatic rings. The van der Waals surface area contributed by atoms with Crippen LogP contribution in [0.5, 0.6) is 0 Å². The van der Waals surface area contributed by atoms with Crippen LogP contribution in [-0.2, 0) is 27.2 Å². The third-order valence-electron chi connectivity index (χ3n) is 1.01. The predicted octanol–water partition coefficient (Wildman–Crippen LogP) is 0.0957. The molecule has 0 aromatic heterocycles. The van der Waals surface area contributed by atoms with Gasteiger partial charge in [-0.15, -0.1) is 0 Å². The van der Waals surface area contributed by atoms with E-state index in [1.807, 2.05) is 0 Å². The molecule has 0 aromatic carbocycles. The van der Waals surface area contributed by atoms with Crippen LogP contribution in [-0.4, -0.2) is 0 Å². The van der Waals surface area contributed by atoms with Crippen molar-refractivity contribution in [3.63, 3.8) is 0 Å². The van der Waals surface area contributed by atoms with E-state index in [-0.39, 0.29) is 16.5 Å². The van der Waals surface area contributed by atoms with Crippen molar-refractivity contribution < 1.29 is 27.2 Å². The fourth-order valence-electron chi connectivity index (χ4n) is 0.226. The predicted molar refractivity (Wildman–Crippen MR) is 33.7 cm³/mol. The van der Waals surface area contributed by atoms with Gasteiger partial charge in [0.05, 0.1) is 0 Å². The molecule has 0 saturated heterocycles. The van der Waals surface area contributed by atoms with Gasteiger partial charge in [-0.2, -0.15) is 0 Å². The molecule has 0 fully saturated rings. The zero-order valence-electron chi connectivity index (χ0n) is 6.30. The summed E-state index contributed by atoms with van der Waals surface area (Å²) in [5.41, 5.74) is 0. The number of nitrogens with zero attached hydrogens (tertiary/aromatic N) is 6. The van der Waals surface area contributed by atoms with Crippen molar-refractivity contribution in [1.82, 2.24) is 0 Å². The van der Waals surface area contributed by atoms with Crippen LogP contribution in [0.2, 0.25) is 0 Å². The van der Waals surface area contributed by atoms with Crippen LogP contribution in [0.15, 0.2) is 0 Å². The Labute approximate surface area is 88.6 Å². The second-order valence-electron chi connectivity index (χ2n) is 1.54. The molecule has 0 amide bonds. The van der Waals surface area contributed by atoms with Crippen LogP contribution in [0.3, 0.4) is 0 Å². The fraction of sp³-hybridized carbons (Fsp3) is 0. The monoisotopic (exact) mass is 277 g/mol. The van der Waals surface area contributed by atoms with Gasteiger partial charge in [0.15, 0.2) is 0 Å². The summed E-state index contributed by atoms with van der Waals surface area (Å²) in [6.07, 6.45) is 0. The molecule has 0 aliphatic carbocycles. The Hall–Kier alpha value is -2.05. The smallest absolute Gasteiger partial charge is 0 e. The van der Waals surface area contributed by atoms with Gasteiger partial charge >= 0.3 is 72.1 Å².